The molecular weight excluding hydrogens is 1220 g/mol. The van der Waals surface area contributed by atoms with Crippen LogP contribution in [0.4, 0.5) is 32.6 Å². The number of amides is 5. The monoisotopic (exact) mass is 1300 g/mol. The number of carbonyl (C=O) groups excluding carboxylic acids is 4. The van der Waals surface area contributed by atoms with E-state index >= 15 is 0 Å². The molecule has 5 amide bonds. The van der Waals surface area contributed by atoms with Crippen molar-refractivity contribution in [3.8, 4) is 5.75 Å². The summed E-state index contributed by atoms with van der Waals surface area (Å²) in [4.78, 5) is 76.6. The number of fused-ring (bicyclic) bond motifs is 4. The van der Waals surface area contributed by atoms with Gasteiger partial charge in [0.15, 0.2) is 70.2 Å². The topological polar surface area (TPSA) is 381 Å². The maximum Gasteiger partial charge on any atom is 0.418 e. The molecule has 4 aromatic heterocycles. The van der Waals surface area contributed by atoms with E-state index in [-0.39, 0.29) is 62.2 Å². The van der Waals surface area contributed by atoms with Gasteiger partial charge >= 0.3 is 12.1 Å². The molecule has 0 bridgehead atoms. The van der Waals surface area contributed by atoms with E-state index in [1.54, 1.807) is 112 Å². The molecule has 91 heavy (non-hydrogen) atoms. The molecule has 4 fully saturated rings. The number of aromatic nitrogens is 8. The summed E-state index contributed by atoms with van der Waals surface area (Å²) in [6.45, 7) is 18.7. The first-order chi connectivity index (χ1) is 43.1. The second-order valence-electron chi connectivity index (χ2n) is 22.6. The number of imidazole rings is 2. The van der Waals surface area contributed by atoms with Gasteiger partial charge in [0, 0.05) is 39.3 Å². The number of anilines is 4. The molecule has 8 atom stereocenters. The molecule has 4 saturated heterocycles. The lowest BCUT2D eigenvalue weighted by Gasteiger charge is -2.24. The molecule has 33 heteroatoms. The summed E-state index contributed by atoms with van der Waals surface area (Å²) >= 11 is 0. The van der Waals surface area contributed by atoms with Crippen LogP contribution in [0.25, 0.3) is 22.3 Å². The molecule has 0 saturated carbocycles. The lowest BCUT2D eigenvalue weighted by atomic mass is 10.1. The molecule has 0 radical (unpaired) electrons. The van der Waals surface area contributed by atoms with Gasteiger partial charge in [-0.15, -0.1) is 0 Å². The van der Waals surface area contributed by atoms with Crippen LogP contribution in [-0.4, -0.2) is 176 Å². The van der Waals surface area contributed by atoms with E-state index in [1.807, 2.05) is 33.8 Å². The zero-order valence-electron chi connectivity index (χ0n) is 52.0. The van der Waals surface area contributed by atoms with E-state index in [4.69, 9.17) is 38.9 Å². The Kier molecular flexibility index (Phi) is 20.0. The van der Waals surface area contributed by atoms with E-state index in [0.29, 0.717) is 35.7 Å². The van der Waals surface area contributed by atoms with Gasteiger partial charge < -0.3 is 54.8 Å². The van der Waals surface area contributed by atoms with Crippen LogP contribution < -0.4 is 37.1 Å². The van der Waals surface area contributed by atoms with Gasteiger partial charge in [-0.3, -0.25) is 29.4 Å². The molecule has 31 nitrogen and oxygen atoms in total. The molecular formula is C58H74N16O15S2. The van der Waals surface area contributed by atoms with Gasteiger partial charge in [-0.2, -0.15) is 8.61 Å². The molecule has 3 aromatic carbocycles. The summed E-state index contributed by atoms with van der Waals surface area (Å²) in [6.07, 6.45) is -1.02. The van der Waals surface area contributed by atoms with E-state index < -0.39 is 92.8 Å². The molecule has 0 unspecified atom stereocenters. The summed E-state index contributed by atoms with van der Waals surface area (Å²) < 4.78 is 97.7. The van der Waals surface area contributed by atoms with E-state index in [1.165, 1.54) is 59.2 Å². The van der Waals surface area contributed by atoms with Crippen LogP contribution in [0.15, 0.2) is 114 Å². The number of urea groups is 1. The average molecular weight is 1300 g/mol. The number of rotatable bonds is 16. The quantitative estimate of drug-likeness (QED) is 0.0665. The Hall–Kier alpha value is -8.38. The highest BCUT2D eigenvalue weighted by Crippen LogP contribution is 2.46. The Labute approximate surface area is 525 Å². The Morgan fingerprint density at radius 1 is 0.582 bits per heavy atom. The number of carbonyl (C=O) groups is 4. The minimum atomic E-state index is -3.87. The summed E-state index contributed by atoms with van der Waals surface area (Å²) in [5.41, 5.74) is 7.29. The lowest BCUT2D eigenvalue weighted by molar-refractivity contribution is -0.198. The minimum absolute atomic E-state index is 0.0511. The number of nitrogen functional groups attached to an aromatic ring is 1. The molecule has 8 heterocycles. The van der Waals surface area contributed by atoms with Crippen molar-refractivity contribution in [3.05, 3.63) is 104 Å². The van der Waals surface area contributed by atoms with Gasteiger partial charge in [-0.25, -0.2) is 56.3 Å². The van der Waals surface area contributed by atoms with Crippen molar-refractivity contribution in [2.75, 3.05) is 48.9 Å². The number of nitrogens with two attached hydrogens (primary N) is 1. The molecule has 0 aliphatic carbocycles. The van der Waals surface area contributed by atoms with Crippen LogP contribution in [0.1, 0.15) is 81.7 Å². The van der Waals surface area contributed by atoms with Gasteiger partial charge in [0.1, 0.15) is 52.6 Å². The molecule has 7 aromatic rings. The maximum absolute atomic E-state index is 13.1. The lowest BCUT2D eigenvalue weighted by Crippen LogP contribution is -2.42. The van der Waals surface area contributed by atoms with Gasteiger partial charge in [0.05, 0.1) is 24.0 Å². The molecule has 488 valence electrons. The van der Waals surface area contributed by atoms with E-state index in [9.17, 15) is 36.0 Å². The standard InChI is InChI=1S/C26H34N8O7S.C22H24N6O6.C10H16N2O2S/c1-7-27-23(35)19-18-20(41-26(4,5)40-18)24(39-19)34-13-30-17-21(28-12-29-22(17)34)32-25(36)31-15-10-8-9-11-16(15)42(37,38)33(6)14(2)3;1-4-23-19(29)15-14-16(34-22(2,3)33-14)20(32-15)28-11-26-13-17(24-10-25-18(13)28)27-21(30)31-12-8-6-5-7-9-12;1-8(2)12(3)15(13,14)10-7-5-4-6-9(10)11/h8-14,18-20,24H,7H2,1-6H3,(H,27,35)(H2,28,29,31,32,36);5-11,14-16,20H,4H2,1-3H3,(H,23,29)(H,24,25,27,30);4-8H,11H2,1-3H3/t18-,19+,20-,24-;14-,15+,16-,20-;/m11./s1. The van der Waals surface area contributed by atoms with Crippen LogP contribution in [0.3, 0.4) is 0 Å². The number of nitrogens with zero attached hydrogens (tertiary/aromatic N) is 10. The number of hydrogen-bond acceptors (Lipinski definition) is 22. The Morgan fingerprint density at radius 2 is 1.01 bits per heavy atom. The van der Waals surface area contributed by atoms with E-state index in [0.717, 1.165) is 0 Å². The van der Waals surface area contributed by atoms with Gasteiger partial charge in [-0.05, 0) is 106 Å². The predicted molar refractivity (Wildman–Crippen MR) is 330 cm³/mol. The highest BCUT2D eigenvalue weighted by Gasteiger charge is 2.60. The van der Waals surface area contributed by atoms with Crippen LogP contribution >= 0.6 is 0 Å². The number of hydrogen-bond donors (Lipinski definition) is 6. The largest absolute Gasteiger partial charge is 0.418 e. The summed E-state index contributed by atoms with van der Waals surface area (Å²) in [6, 6.07) is 20.1. The van der Waals surface area contributed by atoms with Crippen LogP contribution in [0, 0.1) is 0 Å². The summed E-state index contributed by atoms with van der Waals surface area (Å²) in [5.74, 6) is -1.80. The minimum Gasteiger partial charge on any atom is -0.410 e. The van der Waals surface area contributed by atoms with Gasteiger partial charge in [-0.1, -0.05) is 42.5 Å². The average Bonchev–Trinajstić information content (AvgIpc) is 1.60. The smallest absolute Gasteiger partial charge is 0.410 e. The van der Waals surface area contributed by atoms with Gasteiger partial charge in [0.2, 0.25) is 20.0 Å². The maximum atomic E-state index is 13.1. The third-order valence-electron chi connectivity index (χ3n) is 14.8. The fourth-order valence-electron chi connectivity index (χ4n) is 10.2. The van der Waals surface area contributed by atoms with Crippen LogP contribution in [0.2, 0.25) is 0 Å². The SMILES string of the molecule is CC(C)N(C)S(=O)(=O)c1ccccc1N.CCNC(=O)[C@H]1O[C@@H](n2cnc3c(NC(=O)Nc4ccccc4S(=O)(=O)N(C)C(C)C)ncnc32)[C@@H]2OC(C)(C)O[C@@H]21.CCNC(=O)[C@H]1O[C@@H](n2cnc3c(NC(=O)Oc4ccccc4)ncnc32)[C@@H]2OC(C)(C)O[C@@H]21. The first-order valence-corrected chi connectivity index (χ1v) is 31.9. The van der Waals surface area contributed by atoms with Crippen molar-refractivity contribution in [1.82, 2.24) is 58.3 Å². The molecule has 11 rings (SSSR count). The Bertz CT molecular complexity index is 4020. The third-order valence-corrected chi connectivity index (χ3v) is 19.0. The first kappa shape index (κ1) is 67.0. The summed E-state index contributed by atoms with van der Waals surface area (Å²) in [5, 5.41) is 13.3. The fourth-order valence-corrected chi connectivity index (χ4v) is 13.2. The second kappa shape index (κ2) is 27.2. The fraction of sp³-hybridized carbons (Fsp3) is 0.448. The molecule has 4 aliphatic heterocycles. The van der Waals surface area contributed by atoms with Gasteiger partial charge in [0.25, 0.3) is 11.8 Å². The van der Waals surface area contributed by atoms with Crippen molar-refractivity contribution in [1.29, 1.82) is 0 Å². The molecule has 0 spiro atoms. The van der Waals surface area contributed by atoms with Crippen molar-refractivity contribution < 1.29 is 69.2 Å². The zero-order chi connectivity index (χ0) is 65.9. The van der Waals surface area contributed by atoms with Crippen molar-refractivity contribution in [3.63, 3.8) is 0 Å². The Morgan fingerprint density at radius 3 is 1.48 bits per heavy atom. The predicted octanol–water partition coefficient (Wildman–Crippen LogP) is 5.34. The number of benzene rings is 3. The van der Waals surface area contributed by atoms with Crippen LogP contribution in [0.5, 0.6) is 5.75 Å². The first-order valence-electron chi connectivity index (χ1n) is 29.0. The highest BCUT2D eigenvalue weighted by molar-refractivity contribution is 7.89. The number of sulfonamides is 2. The number of likely N-dealkylation sites (N-methyl/N-ethyl adjacent to an activating group) is 2. The molecule has 4 aliphatic rings. The third kappa shape index (κ3) is 14.4. The van der Waals surface area contributed by atoms with Crippen molar-refractivity contribution in [2.24, 2.45) is 0 Å². The van der Waals surface area contributed by atoms with Crippen LogP contribution in [-0.2, 0) is 58.1 Å². The van der Waals surface area contributed by atoms with Crippen molar-refractivity contribution in [2.45, 2.75) is 152 Å². The Balaban J connectivity index is 0.000000178. The number of para-hydroxylation sites is 3. The second-order valence-corrected chi connectivity index (χ2v) is 26.5. The number of nitrogens with one attached hydrogen (secondary N) is 5. The van der Waals surface area contributed by atoms with Crippen molar-refractivity contribution >= 4 is 89.3 Å². The summed E-state index contributed by atoms with van der Waals surface area (Å²) in [7, 11) is -4.31. The highest BCUT2D eigenvalue weighted by atomic mass is 32.2. The van der Waals surface area contributed by atoms with E-state index in [2.05, 4.69) is 56.5 Å². The number of ether oxygens (including phenoxy) is 7. The normalized spacial score (nSPS) is 22.2. The zero-order valence-corrected chi connectivity index (χ0v) is 53.6. The molecule has 7 N–H and O–H groups in total.